The number of nitrogen functional groups attached to an aromatic ring is 1. The number of nitrogens with one attached hydrogen (secondary N) is 1. The highest BCUT2D eigenvalue weighted by Crippen LogP contribution is 2.21. The second-order valence-electron chi connectivity index (χ2n) is 5.66. The molecule has 1 aromatic heterocycles. The quantitative estimate of drug-likeness (QED) is 0.620. The third kappa shape index (κ3) is 3.70. The lowest BCUT2D eigenvalue weighted by Crippen LogP contribution is -2.44. The van der Waals surface area contributed by atoms with Crippen LogP contribution in [0, 0.1) is 0 Å². The summed E-state index contributed by atoms with van der Waals surface area (Å²) in [5.74, 6) is 5.96. The molecule has 0 fully saturated rings. The van der Waals surface area contributed by atoms with Crippen LogP contribution in [0.1, 0.15) is 56.6 Å². The molecule has 5 heteroatoms. The molecule has 0 aliphatic heterocycles. The van der Waals surface area contributed by atoms with Gasteiger partial charge in [-0.05, 0) is 38.8 Å². The van der Waals surface area contributed by atoms with E-state index < -0.39 is 0 Å². The SMILES string of the molecule is CCCc1cc(C(=O)N(C)C(C)(C)CC)cc(NN)n1. The first-order valence-electron chi connectivity index (χ1n) is 7.11. The van der Waals surface area contributed by atoms with Crippen molar-refractivity contribution >= 4 is 11.7 Å². The lowest BCUT2D eigenvalue weighted by molar-refractivity contribution is 0.0620. The van der Waals surface area contributed by atoms with Crippen LogP contribution in [0.25, 0.3) is 0 Å². The Kier molecular flexibility index (Phi) is 5.51. The van der Waals surface area contributed by atoms with Crippen molar-refractivity contribution < 1.29 is 4.79 Å². The Morgan fingerprint density at radius 1 is 1.40 bits per heavy atom. The number of hydrogen-bond donors (Lipinski definition) is 2. The van der Waals surface area contributed by atoms with Gasteiger partial charge in [0.1, 0.15) is 5.82 Å². The molecule has 0 saturated carbocycles. The van der Waals surface area contributed by atoms with Crippen molar-refractivity contribution in [2.75, 3.05) is 12.5 Å². The first kappa shape index (κ1) is 16.4. The summed E-state index contributed by atoms with van der Waals surface area (Å²) in [6.45, 7) is 8.27. The summed E-state index contributed by atoms with van der Waals surface area (Å²) in [6.07, 6.45) is 2.70. The van der Waals surface area contributed by atoms with Crippen LogP contribution >= 0.6 is 0 Å². The molecule has 0 unspecified atom stereocenters. The number of hydrogen-bond acceptors (Lipinski definition) is 4. The first-order chi connectivity index (χ1) is 9.35. The van der Waals surface area contributed by atoms with E-state index in [-0.39, 0.29) is 11.4 Å². The van der Waals surface area contributed by atoms with E-state index in [1.165, 1.54) is 0 Å². The monoisotopic (exact) mass is 278 g/mol. The molecule has 1 rings (SSSR count). The van der Waals surface area contributed by atoms with Gasteiger partial charge in [0.05, 0.1) is 0 Å². The molecule has 0 radical (unpaired) electrons. The minimum absolute atomic E-state index is 0.00639. The van der Waals surface area contributed by atoms with Crippen LogP contribution in [-0.2, 0) is 6.42 Å². The molecule has 1 amide bonds. The van der Waals surface area contributed by atoms with Crippen LogP contribution in [0.2, 0.25) is 0 Å². The summed E-state index contributed by atoms with van der Waals surface area (Å²) in [5.41, 5.74) is 3.86. The van der Waals surface area contributed by atoms with E-state index in [1.54, 1.807) is 11.0 Å². The van der Waals surface area contributed by atoms with E-state index in [0.717, 1.165) is 25.0 Å². The third-order valence-corrected chi connectivity index (χ3v) is 3.86. The summed E-state index contributed by atoms with van der Waals surface area (Å²) < 4.78 is 0. The Balaban J connectivity index is 3.11. The van der Waals surface area contributed by atoms with Gasteiger partial charge >= 0.3 is 0 Å². The van der Waals surface area contributed by atoms with Crippen molar-refractivity contribution in [3.63, 3.8) is 0 Å². The van der Waals surface area contributed by atoms with E-state index in [0.29, 0.717) is 11.4 Å². The normalized spacial score (nSPS) is 11.3. The highest BCUT2D eigenvalue weighted by molar-refractivity contribution is 5.95. The fourth-order valence-corrected chi connectivity index (χ4v) is 1.88. The zero-order chi connectivity index (χ0) is 15.3. The van der Waals surface area contributed by atoms with E-state index >= 15 is 0 Å². The highest BCUT2D eigenvalue weighted by Gasteiger charge is 2.26. The molecule has 0 aromatic carbocycles. The second kappa shape index (κ2) is 6.70. The number of pyridine rings is 1. The molecule has 0 bridgehead atoms. The summed E-state index contributed by atoms with van der Waals surface area (Å²) in [5, 5.41) is 0. The van der Waals surface area contributed by atoms with Crippen LogP contribution in [-0.4, -0.2) is 28.4 Å². The number of aryl methyl sites for hydroxylation is 1. The topological polar surface area (TPSA) is 71.2 Å². The molecule has 5 nitrogen and oxygen atoms in total. The lowest BCUT2D eigenvalue weighted by Gasteiger charge is -2.35. The molecular formula is C15H26N4O. The van der Waals surface area contributed by atoms with Gasteiger partial charge in [0.15, 0.2) is 0 Å². The molecule has 0 saturated heterocycles. The molecule has 1 heterocycles. The lowest BCUT2D eigenvalue weighted by atomic mass is 9.98. The number of aromatic nitrogens is 1. The first-order valence-corrected chi connectivity index (χ1v) is 7.11. The summed E-state index contributed by atoms with van der Waals surface area (Å²) in [6, 6.07) is 3.55. The van der Waals surface area contributed by atoms with Crippen LogP contribution in [0.4, 0.5) is 5.82 Å². The minimum Gasteiger partial charge on any atom is -0.337 e. The largest absolute Gasteiger partial charge is 0.337 e. The number of nitrogens with two attached hydrogens (primary N) is 1. The van der Waals surface area contributed by atoms with Crippen LogP contribution < -0.4 is 11.3 Å². The second-order valence-corrected chi connectivity index (χ2v) is 5.66. The number of carbonyl (C=O) groups is 1. The summed E-state index contributed by atoms with van der Waals surface area (Å²) in [7, 11) is 1.83. The summed E-state index contributed by atoms with van der Waals surface area (Å²) in [4.78, 5) is 18.7. The fourth-order valence-electron chi connectivity index (χ4n) is 1.88. The number of hydrazine groups is 1. The van der Waals surface area contributed by atoms with E-state index in [4.69, 9.17) is 5.84 Å². The van der Waals surface area contributed by atoms with Crippen LogP contribution in [0.5, 0.6) is 0 Å². The molecule has 20 heavy (non-hydrogen) atoms. The van der Waals surface area contributed by atoms with Gasteiger partial charge in [-0.1, -0.05) is 20.3 Å². The van der Waals surface area contributed by atoms with Gasteiger partial charge < -0.3 is 10.3 Å². The zero-order valence-corrected chi connectivity index (χ0v) is 13.2. The maximum absolute atomic E-state index is 12.6. The predicted molar refractivity (Wildman–Crippen MR) is 82.5 cm³/mol. The average Bonchev–Trinajstić information content (AvgIpc) is 2.45. The van der Waals surface area contributed by atoms with E-state index in [9.17, 15) is 4.79 Å². The zero-order valence-electron chi connectivity index (χ0n) is 13.2. The van der Waals surface area contributed by atoms with Gasteiger partial charge in [0, 0.05) is 23.8 Å². The van der Waals surface area contributed by atoms with Crippen molar-refractivity contribution in [3.8, 4) is 0 Å². The van der Waals surface area contributed by atoms with Crippen molar-refractivity contribution in [2.45, 2.75) is 52.5 Å². The smallest absolute Gasteiger partial charge is 0.254 e. The molecule has 1 aromatic rings. The van der Waals surface area contributed by atoms with Gasteiger partial charge in [0.25, 0.3) is 5.91 Å². The Labute approximate surface area is 121 Å². The number of nitrogens with zero attached hydrogens (tertiary/aromatic N) is 2. The van der Waals surface area contributed by atoms with E-state index in [1.807, 2.05) is 13.1 Å². The number of anilines is 1. The maximum Gasteiger partial charge on any atom is 0.254 e. The van der Waals surface area contributed by atoms with E-state index in [2.05, 4.69) is 38.1 Å². The Morgan fingerprint density at radius 2 is 2.05 bits per heavy atom. The molecule has 3 N–H and O–H groups in total. The number of rotatable bonds is 6. The minimum atomic E-state index is -0.179. The van der Waals surface area contributed by atoms with Crippen molar-refractivity contribution in [1.29, 1.82) is 0 Å². The fraction of sp³-hybridized carbons (Fsp3) is 0.600. The van der Waals surface area contributed by atoms with Gasteiger partial charge in [-0.2, -0.15) is 0 Å². The standard InChI is InChI=1S/C15H26N4O/c1-6-8-12-9-11(10-13(17-12)18-16)14(20)19(5)15(3,4)7-2/h9-10H,6-8,16H2,1-5H3,(H,17,18). The molecule has 0 aliphatic rings. The molecule has 0 aliphatic carbocycles. The van der Waals surface area contributed by atoms with Crippen molar-refractivity contribution in [3.05, 3.63) is 23.4 Å². The highest BCUT2D eigenvalue weighted by atomic mass is 16.2. The number of amides is 1. The van der Waals surface area contributed by atoms with Crippen LogP contribution in [0.15, 0.2) is 12.1 Å². The van der Waals surface area contributed by atoms with Gasteiger partial charge in [0.2, 0.25) is 0 Å². The third-order valence-electron chi connectivity index (χ3n) is 3.86. The Hall–Kier alpha value is -1.62. The van der Waals surface area contributed by atoms with Gasteiger partial charge in [-0.15, -0.1) is 0 Å². The van der Waals surface area contributed by atoms with Crippen LogP contribution in [0.3, 0.4) is 0 Å². The maximum atomic E-state index is 12.6. The molecule has 0 spiro atoms. The van der Waals surface area contributed by atoms with Gasteiger partial charge in [-0.3, -0.25) is 4.79 Å². The Morgan fingerprint density at radius 3 is 2.55 bits per heavy atom. The molecule has 0 atom stereocenters. The Bertz CT molecular complexity index is 471. The number of carbonyl (C=O) groups excluding carboxylic acids is 1. The molecular weight excluding hydrogens is 252 g/mol. The summed E-state index contributed by atoms with van der Waals surface area (Å²) >= 11 is 0. The molecule has 112 valence electrons. The average molecular weight is 278 g/mol. The van der Waals surface area contributed by atoms with Gasteiger partial charge in [-0.25, -0.2) is 10.8 Å². The van der Waals surface area contributed by atoms with Crippen molar-refractivity contribution in [1.82, 2.24) is 9.88 Å². The predicted octanol–water partition coefficient (Wildman–Crippen LogP) is 2.58. The van der Waals surface area contributed by atoms with Crippen molar-refractivity contribution in [2.24, 2.45) is 5.84 Å².